The minimum absolute atomic E-state index is 0.123. The van der Waals surface area contributed by atoms with Gasteiger partial charge in [-0.05, 0) is 49.4 Å². The quantitative estimate of drug-likeness (QED) is 0.511. The van der Waals surface area contributed by atoms with Crippen LogP contribution in [-0.2, 0) is 15.0 Å². The summed E-state index contributed by atoms with van der Waals surface area (Å²) in [6.45, 7) is 1.68. The number of carbonyl (C=O) groups excluding carboxylic acids is 2. The molecule has 1 aliphatic carbocycles. The summed E-state index contributed by atoms with van der Waals surface area (Å²) in [6.07, 6.45) is 3.47. The van der Waals surface area contributed by atoms with Gasteiger partial charge in [-0.3, -0.25) is 9.48 Å². The molecule has 2 heterocycles. The van der Waals surface area contributed by atoms with Crippen LogP contribution in [0, 0.1) is 11.7 Å². The van der Waals surface area contributed by atoms with Crippen molar-refractivity contribution in [2.75, 3.05) is 38.7 Å². The van der Waals surface area contributed by atoms with E-state index in [0.717, 1.165) is 12.8 Å². The van der Waals surface area contributed by atoms with Crippen molar-refractivity contribution in [2.24, 2.45) is 17.4 Å². The lowest BCUT2D eigenvalue weighted by molar-refractivity contribution is 0.0565. The van der Waals surface area contributed by atoms with Crippen molar-refractivity contribution >= 4 is 23.5 Å². The molecule has 33 heavy (non-hydrogen) atoms. The van der Waals surface area contributed by atoms with E-state index in [1.165, 1.54) is 12.1 Å². The molecule has 2 amide bonds. The van der Waals surface area contributed by atoms with Crippen molar-refractivity contribution in [3.8, 4) is 0 Å². The molecule has 0 unspecified atom stereocenters. The topological polar surface area (TPSA) is 138 Å². The Kier molecular flexibility index (Phi) is 6.52. The molecule has 2 aromatic rings. The Labute approximate surface area is 191 Å². The predicted molar refractivity (Wildman–Crippen MR) is 119 cm³/mol. The summed E-state index contributed by atoms with van der Waals surface area (Å²) in [5.41, 5.74) is 12.3. The number of rotatable bonds is 8. The Balaban J connectivity index is 1.49. The van der Waals surface area contributed by atoms with Crippen molar-refractivity contribution in [3.63, 3.8) is 0 Å². The minimum Gasteiger partial charge on any atom is -0.447 e. The molecular formula is C22H29FN6O4. The molecule has 5 N–H and O–H groups in total. The molecule has 2 atom stereocenters. The van der Waals surface area contributed by atoms with E-state index >= 15 is 0 Å². The number of hydrogen-bond donors (Lipinski definition) is 3. The van der Waals surface area contributed by atoms with Gasteiger partial charge in [0.1, 0.15) is 18.0 Å². The first-order valence-electron chi connectivity index (χ1n) is 10.9. The number of anilines is 2. The fourth-order valence-electron chi connectivity index (χ4n) is 4.61. The van der Waals surface area contributed by atoms with E-state index in [9.17, 15) is 14.0 Å². The van der Waals surface area contributed by atoms with Crippen molar-refractivity contribution < 1.29 is 23.5 Å². The number of piperidine rings is 1. The van der Waals surface area contributed by atoms with Crippen LogP contribution >= 0.6 is 0 Å². The van der Waals surface area contributed by atoms with Gasteiger partial charge in [0.05, 0.1) is 12.1 Å². The number of carbonyl (C=O) groups is 2. The van der Waals surface area contributed by atoms with Gasteiger partial charge in [0.15, 0.2) is 5.82 Å². The zero-order valence-corrected chi connectivity index (χ0v) is 18.5. The molecule has 1 aromatic heterocycles. The second kappa shape index (κ2) is 9.36. The van der Waals surface area contributed by atoms with E-state index in [4.69, 9.17) is 20.9 Å². The molecule has 1 aliphatic heterocycles. The van der Waals surface area contributed by atoms with Gasteiger partial charge in [0.2, 0.25) is 0 Å². The van der Waals surface area contributed by atoms with Crippen LogP contribution in [0.15, 0.2) is 30.5 Å². The van der Waals surface area contributed by atoms with E-state index < -0.39 is 11.4 Å². The number of nitrogens with two attached hydrogens (primary N) is 2. The highest BCUT2D eigenvalue weighted by molar-refractivity contribution is 5.98. The van der Waals surface area contributed by atoms with E-state index in [-0.39, 0.29) is 36.0 Å². The average molecular weight is 461 g/mol. The Hall–Kier alpha value is -3.18. The largest absolute Gasteiger partial charge is 0.447 e. The molecule has 178 valence electrons. The van der Waals surface area contributed by atoms with Crippen LogP contribution in [0.25, 0.3) is 0 Å². The minimum atomic E-state index is -0.621. The number of nitrogens with one attached hydrogen (secondary N) is 1. The van der Waals surface area contributed by atoms with E-state index in [2.05, 4.69) is 10.4 Å². The van der Waals surface area contributed by atoms with Crippen molar-refractivity contribution in [1.82, 2.24) is 14.7 Å². The highest BCUT2D eigenvalue weighted by atomic mass is 19.1. The number of amides is 2. The SMILES string of the molecule is COCCOC(=O)N1CCC([C@]2(n3cc(C(N)=O)c(Nc4ccc(F)cc4)n3)C[C@H]2N)CC1. The first-order chi connectivity index (χ1) is 15.8. The van der Waals surface area contributed by atoms with Gasteiger partial charge in [-0.2, -0.15) is 5.10 Å². The average Bonchev–Trinajstić information content (AvgIpc) is 3.30. The highest BCUT2D eigenvalue weighted by Gasteiger charge is 2.60. The molecule has 1 aromatic carbocycles. The maximum absolute atomic E-state index is 13.2. The number of hydrogen-bond acceptors (Lipinski definition) is 7. The number of aromatic nitrogens is 2. The molecule has 0 radical (unpaired) electrons. The second-order valence-electron chi connectivity index (χ2n) is 8.50. The van der Waals surface area contributed by atoms with Gasteiger partial charge < -0.3 is 31.2 Å². The molecular weight excluding hydrogens is 431 g/mol. The third-order valence-electron chi connectivity index (χ3n) is 6.52. The number of halogens is 1. The summed E-state index contributed by atoms with van der Waals surface area (Å²) >= 11 is 0. The second-order valence-corrected chi connectivity index (χ2v) is 8.50. The lowest BCUT2D eigenvalue weighted by Crippen LogP contribution is -2.45. The fourth-order valence-corrected chi connectivity index (χ4v) is 4.61. The van der Waals surface area contributed by atoms with Gasteiger partial charge in [-0.1, -0.05) is 0 Å². The van der Waals surface area contributed by atoms with E-state index in [1.807, 2.05) is 0 Å². The first-order valence-corrected chi connectivity index (χ1v) is 10.9. The smallest absolute Gasteiger partial charge is 0.409 e. The van der Waals surface area contributed by atoms with Crippen molar-refractivity contribution in [3.05, 3.63) is 41.8 Å². The number of ether oxygens (including phenoxy) is 2. The van der Waals surface area contributed by atoms with Crippen LogP contribution in [0.5, 0.6) is 0 Å². The lowest BCUT2D eigenvalue weighted by atomic mass is 9.87. The Morgan fingerprint density at radius 2 is 1.91 bits per heavy atom. The molecule has 2 fully saturated rings. The molecule has 2 aliphatic rings. The summed E-state index contributed by atoms with van der Waals surface area (Å²) < 4.78 is 25.1. The molecule has 10 nitrogen and oxygen atoms in total. The first kappa shape index (κ1) is 23.0. The summed E-state index contributed by atoms with van der Waals surface area (Å²) in [5, 5.41) is 7.67. The molecule has 11 heteroatoms. The highest BCUT2D eigenvalue weighted by Crippen LogP contribution is 2.52. The zero-order valence-electron chi connectivity index (χ0n) is 18.5. The maximum atomic E-state index is 13.2. The Morgan fingerprint density at radius 3 is 2.48 bits per heavy atom. The van der Waals surface area contributed by atoms with Gasteiger partial charge >= 0.3 is 6.09 Å². The summed E-state index contributed by atoms with van der Waals surface area (Å²) in [6, 6.07) is 5.62. The Morgan fingerprint density at radius 1 is 1.24 bits per heavy atom. The van der Waals surface area contributed by atoms with Crippen LogP contribution in [0.3, 0.4) is 0 Å². The maximum Gasteiger partial charge on any atom is 0.409 e. The fraction of sp³-hybridized carbons (Fsp3) is 0.500. The molecule has 0 bridgehead atoms. The van der Waals surface area contributed by atoms with Crippen LogP contribution in [-0.4, -0.2) is 66.1 Å². The van der Waals surface area contributed by atoms with E-state index in [0.29, 0.717) is 37.6 Å². The van der Waals surface area contributed by atoms with Gasteiger partial charge in [-0.15, -0.1) is 0 Å². The molecule has 1 saturated heterocycles. The standard InChI is InChI=1S/C22H29FN6O4/c1-32-10-11-33-21(31)28-8-6-14(7-9-28)22(12-18(22)24)29-13-17(19(25)30)20(27-29)26-16-4-2-15(23)3-5-16/h2-5,13-14,18H,6-12,24H2,1H3,(H2,25,30)(H,26,27)/t18-,22-/m1/s1. The molecule has 4 rings (SSSR count). The van der Waals surface area contributed by atoms with Crippen LogP contribution in [0.1, 0.15) is 29.6 Å². The Bertz CT molecular complexity index is 1000. The number of benzene rings is 1. The van der Waals surface area contributed by atoms with Gasteiger partial charge in [0, 0.05) is 38.1 Å². The van der Waals surface area contributed by atoms with Crippen molar-refractivity contribution in [2.45, 2.75) is 30.8 Å². The zero-order chi connectivity index (χ0) is 23.6. The lowest BCUT2D eigenvalue weighted by Gasteiger charge is -2.36. The van der Waals surface area contributed by atoms with Gasteiger partial charge in [-0.25, -0.2) is 9.18 Å². The van der Waals surface area contributed by atoms with Crippen LogP contribution in [0.4, 0.5) is 20.7 Å². The summed E-state index contributed by atoms with van der Waals surface area (Å²) in [4.78, 5) is 26.0. The van der Waals surface area contributed by atoms with Crippen molar-refractivity contribution in [1.29, 1.82) is 0 Å². The summed E-state index contributed by atoms with van der Waals surface area (Å²) in [5.74, 6) is -0.511. The number of primary amides is 1. The number of likely N-dealkylation sites (tertiary alicyclic amines) is 1. The summed E-state index contributed by atoms with van der Waals surface area (Å²) in [7, 11) is 1.55. The normalized spacial score (nSPS) is 22.8. The monoisotopic (exact) mass is 460 g/mol. The van der Waals surface area contributed by atoms with Crippen LogP contribution < -0.4 is 16.8 Å². The van der Waals surface area contributed by atoms with Gasteiger partial charge in [0.25, 0.3) is 5.91 Å². The van der Waals surface area contributed by atoms with E-state index in [1.54, 1.807) is 35.0 Å². The predicted octanol–water partition coefficient (Wildman–Crippen LogP) is 1.79. The third-order valence-corrected chi connectivity index (χ3v) is 6.52. The number of methoxy groups -OCH3 is 1. The number of nitrogens with zero attached hydrogens (tertiary/aromatic N) is 3. The molecule has 1 saturated carbocycles. The third kappa shape index (κ3) is 4.64. The van der Waals surface area contributed by atoms with Crippen LogP contribution in [0.2, 0.25) is 0 Å². The molecule has 0 spiro atoms.